The number of hydrogen-bond donors (Lipinski definition) is 1. The fourth-order valence-corrected chi connectivity index (χ4v) is 1.67. The van der Waals surface area contributed by atoms with Crippen LogP contribution in [-0.2, 0) is 0 Å². The van der Waals surface area contributed by atoms with Gasteiger partial charge in [0.25, 0.3) is 0 Å². The van der Waals surface area contributed by atoms with Gasteiger partial charge in [-0.15, -0.1) is 5.92 Å². The number of imidazole rings is 1. The molecule has 4 nitrogen and oxygen atoms in total. The maximum absolute atomic E-state index is 4.28. The molecule has 0 spiro atoms. The lowest BCUT2D eigenvalue weighted by Crippen LogP contribution is -2.29. The van der Waals surface area contributed by atoms with Gasteiger partial charge in [0.1, 0.15) is 5.82 Å². The number of H-pyrrole nitrogens is 1. The zero-order valence-corrected chi connectivity index (χ0v) is 8.94. The number of nitrogens with zero attached hydrogens (tertiary/aromatic N) is 3. The largest absolute Gasteiger partial charge is 0.353 e. The van der Waals surface area contributed by atoms with Gasteiger partial charge in [0.2, 0.25) is 0 Å². The molecule has 0 saturated carbocycles. The van der Waals surface area contributed by atoms with Crippen molar-refractivity contribution in [2.45, 2.75) is 13.1 Å². The van der Waals surface area contributed by atoms with E-state index in [0.717, 1.165) is 12.4 Å². The lowest BCUT2D eigenvalue weighted by atomic mass is 10.4. The lowest BCUT2D eigenvalue weighted by Gasteiger charge is -2.27. The van der Waals surface area contributed by atoms with Crippen LogP contribution in [0.25, 0.3) is 0 Å². The smallest absolute Gasteiger partial charge is 0.161 e. The van der Waals surface area contributed by atoms with Gasteiger partial charge >= 0.3 is 0 Å². The summed E-state index contributed by atoms with van der Waals surface area (Å²) in [5.74, 6) is 6.90. The third-order valence-corrected chi connectivity index (χ3v) is 2.40. The highest BCUT2D eigenvalue weighted by Crippen LogP contribution is 2.25. The number of nitrogens with one attached hydrogen (secondary N) is 1. The Morgan fingerprint density at radius 1 is 1.53 bits per heavy atom. The van der Waals surface area contributed by atoms with E-state index in [1.54, 1.807) is 6.20 Å². The van der Waals surface area contributed by atoms with Crippen molar-refractivity contribution in [2.24, 2.45) is 0 Å². The number of rotatable bonds is 2. The van der Waals surface area contributed by atoms with Gasteiger partial charge in [0.15, 0.2) is 6.17 Å². The molecule has 0 bridgehead atoms. The molecule has 1 aliphatic rings. The summed E-state index contributed by atoms with van der Waals surface area (Å²) in [6.07, 6.45) is 7.82. The Bertz CT molecular complexity index is 396. The molecule has 1 aromatic heterocycles. The lowest BCUT2D eigenvalue weighted by molar-refractivity contribution is 0.185. The van der Waals surface area contributed by atoms with Crippen LogP contribution in [0.1, 0.15) is 18.9 Å². The SMILES string of the molecule is CC#CCN1C=CN(C)C1c1ncc[nH]1. The zero-order valence-electron chi connectivity index (χ0n) is 8.94. The minimum atomic E-state index is 0.140. The van der Waals surface area contributed by atoms with Crippen molar-refractivity contribution in [1.29, 1.82) is 0 Å². The van der Waals surface area contributed by atoms with Gasteiger partial charge in [0, 0.05) is 31.8 Å². The fourth-order valence-electron chi connectivity index (χ4n) is 1.67. The maximum Gasteiger partial charge on any atom is 0.161 e. The van der Waals surface area contributed by atoms with E-state index in [9.17, 15) is 0 Å². The molecule has 2 rings (SSSR count). The quantitative estimate of drug-likeness (QED) is 0.731. The molecule has 1 N–H and O–H groups in total. The van der Waals surface area contributed by atoms with Gasteiger partial charge in [-0.25, -0.2) is 4.98 Å². The molecule has 1 unspecified atom stereocenters. The summed E-state index contributed by atoms with van der Waals surface area (Å²) in [4.78, 5) is 11.7. The van der Waals surface area contributed by atoms with Crippen molar-refractivity contribution in [3.8, 4) is 11.8 Å². The summed E-state index contributed by atoms with van der Waals surface area (Å²) < 4.78 is 0. The maximum atomic E-state index is 4.28. The normalized spacial score (nSPS) is 19.2. The van der Waals surface area contributed by atoms with E-state index >= 15 is 0 Å². The number of hydrogen-bond acceptors (Lipinski definition) is 3. The monoisotopic (exact) mass is 202 g/mol. The van der Waals surface area contributed by atoms with E-state index in [1.165, 1.54) is 0 Å². The average Bonchev–Trinajstić information content (AvgIpc) is 2.84. The van der Waals surface area contributed by atoms with E-state index in [1.807, 2.05) is 32.6 Å². The molecular weight excluding hydrogens is 188 g/mol. The Hall–Kier alpha value is -1.89. The summed E-state index contributed by atoms with van der Waals surface area (Å²) in [5, 5.41) is 0. The molecule has 0 radical (unpaired) electrons. The average molecular weight is 202 g/mol. The molecule has 0 aromatic carbocycles. The predicted molar refractivity (Wildman–Crippen MR) is 58.4 cm³/mol. The zero-order chi connectivity index (χ0) is 10.7. The van der Waals surface area contributed by atoms with E-state index in [0.29, 0.717) is 0 Å². The molecule has 1 aliphatic heterocycles. The molecule has 0 amide bonds. The molecule has 0 aliphatic carbocycles. The van der Waals surface area contributed by atoms with Crippen LogP contribution in [-0.4, -0.2) is 33.4 Å². The Kier molecular flexibility index (Phi) is 2.64. The topological polar surface area (TPSA) is 35.2 Å². The van der Waals surface area contributed by atoms with Crippen LogP contribution < -0.4 is 0 Å². The van der Waals surface area contributed by atoms with Crippen molar-refractivity contribution < 1.29 is 0 Å². The minimum Gasteiger partial charge on any atom is -0.353 e. The van der Waals surface area contributed by atoms with Gasteiger partial charge in [-0.1, -0.05) is 5.92 Å². The van der Waals surface area contributed by atoms with Crippen molar-refractivity contribution in [3.05, 3.63) is 30.6 Å². The van der Waals surface area contributed by atoms with E-state index in [4.69, 9.17) is 0 Å². The van der Waals surface area contributed by atoms with Crippen molar-refractivity contribution >= 4 is 0 Å². The summed E-state index contributed by atoms with van der Waals surface area (Å²) in [6.45, 7) is 2.58. The highest BCUT2D eigenvalue weighted by atomic mass is 15.4. The highest BCUT2D eigenvalue weighted by Gasteiger charge is 2.26. The van der Waals surface area contributed by atoms with Crippen LogP contribution in [0, 0.1) is 11.8 Å². The Morgan fingerprint density at radius 3 is 3.07 bits per heavy atom. The molecule has 0 fully saturated rings. The number of aromatic amines is 1. The Morgan fingerprint density at radius 2 is 2.40 bits per heavy atom. The summed E-state index contributed by atoms with van der Waals surface area (Å²) in [6, 6.07) is 0. The minimum absolute atomic E-state index is 0.140. The van der Waals surface area contributed by atoms with Gasteiger partial charge < -0.3 is 14.8 Å². The molecule has 0 saturated heterocycles. The van der Waals surface area contributed by atoms with Crippen molar-refractivity contribution in [3.63, 3.8) is 0 Å². The molecule has 1 aromatic rings. The van der Waals surface area contributed by atoms with Crippen LogP contribution in [0.5, 0.6) is 0 Å². The molecule has 1 atom stereocenters. The first-order valence-electron chi connectivity index (χ1n) is 4.88. The molecule has 4 heteroatoms. The fraction of sp³-hybridized carbons (Fsp3) is 0.364. The third-order valence-electron chi connectivity index (χ3n) is 2.40. The highest BCUT2D eigenvalue weighted by molar-refractivity contribution is 5.09. The number of aromatic nitrogens is 2. The third kappa shape index (κ3) is 1.82. The Balaban J connectivity index is 2.16. The molecule has 15 heavy (non-hydrogen) atoms. The van der Waals surface area contributed by atoms with Gasteiger partial charge in [-0.2, -0.15) is 0 Å². The summed E-state index contributed by atoms with van der Waals surface area (Å²) in [7, 11) is 2.03. The summed E-state index contributed by atoms with van der Waals surface area (Å²) in [5.41, 5.74) is 0. The molecule has 2 heterocycles. The van der Waals surface area contributed by atoms with Gasteiger partial charge in [-0.05, 0) is 6.92 Å². The second-order valence-corrected chi connectivity index (χ2v) is 3.41. The first-order chi connectivity index (χ1) is 7.33. The molecular formula is C11H14N4. The van der Waals surface area contributed by atoms with Crippen LogP contribution in [0.3, 0.4) is 0 Å². The van der Waals surface area contributed by atoms with Crippen molar-refractivity contribution in [2.75, 3.05) is 13.6 Å². The predicted octanol–water partition coefficient (Wildman–Crippen LogP) is 1.15. The van der Waals surface area contributed by atoms with Crippen LogP contribution >= 0.6 is 0 Å². The van der Waals surface area contributed by atoms with Crippen LogP contribution in [0.2, 0.25) is 0 Å². The van der Waals surface area contributed by atoms with Crippen LogP contribution in [0.15, 0.2) is 24.8 Å². The second-order valence-electron chi connectivity index (χ2n) is 3.41. The first-order valence-corrected chi connectivity index (χ1v) is 4.88. The first kappa shape index (κ1) is 9.66. The standard InChI is InChI=1S/C11H14N4/c1-3-4-7-15-9-8-14(2)11(15)10-12-5-6-13-10/h5-6,8-9,11H,7H2,1-2H3,(H,12,13). The van der Waals surface area contributed by atoms with E-state index in [-0.39, 0.29) is 6.17 Å². The second kappa shape index (κ2) is 4.09. The molecule has 78 valence electrons. The van der Waals surface area contributed by atoms with Crippen LogP contribution in [0.4, 0.5) is 0 Å². The van der Waals surface area contributed by atoms with Crippen molar-refractivity contribution in [1.82, 2.24) is 19.8 Å². The van der Waals surface area contributed by atoms with Gasteiger partial charge in [0.05, 0.1) is 6.54 Å². The van der Waals surface area contributed by atoms with Gasteiger partial charge in [-0.3, -0.25) is 0 Å². The summed E-state index contributed by atoms with van der Waals surface area (Å²) >= 11 is 0. The Labute approximate surface area is 89.6 Å². The van der Waals surface area contributed by atoms with E-state index < -0.39 is 0 Å². The van der Waals surface area contributed by atoms with E-state index in [2.05, 4.69) is 31.6 Å².